The Morgan fingerprint density at radius 3 is 2.42 bits per heavy atom. The van der Waals surface area contributed by atoms with E-state index < -0.39 is 10.0 Å². The van der Waals surface area contributed by atoms with Crippen LogP contribution in [0.4, 0.5) is 11.4 Å². The SMILES string of the molecule is CC(=O)Nc1cccc(NS(=O)(=O)CCC(=O)N2C(C)COCC2C)c1. The van der Waals surface area contributed by atoms with E-state index in [0.717, 1.165) is 0 Å². The lowest BCUT2D eigenvalue weighted by Crippen LogP contribution is -2.52. The number of hydrogen-bond acceptors (Lipinski definition) is 5. The second-order valence-electron chi connectivity index (χ2n) is 6.47. The van der Waals surface area contributed by atoms with Crippen LogP contribution in [0.1, 0.15) is 27.2 Å². The van der Waals surface area contributed by atoms with E-state index in [4.69, 9.17) is 4.74 Å². The molecule has 0 bridgehead atoms. The standard InChI is InChI=1S/C17H25N3O5S/c1-12-10-25-11-13(2)20(12)17(22)7-8-26(23,24)19-16-6-4-5-15(9-16)18-14(3)21/h4-6,9,12-13,19H,7-8,10-11H2,1-3H3,(H,18,21). The lowest BCUT2D eigenvalue weighted by molar-refractivity contribution is -0.143. The van der Waals surface area contributed by atoms with E-state index in [9.17, 15) is 18.0 Å². The summed E-state index contributed by atoms with van der Waals surface area (Å²) >= 11 is 0. The largest absolute Gasteiger partial charge is 0.377 e. The van der Waals surface area contributed by atoms with Crippen LogP contribution in [0.15, 0.2) is 24.3 Å². The predicted molar refractivity (Wildman–Crippen MR) is 99.4 cm³/mol. The number of anilines is 2. The van der Waals surface area contributed by atoms with E-state index in [-0.39, 0.29) is 36.1 Å². The van der Waals surface area contributed by atoms with Crippen LogP contribution in [0.3, 0.4) is 0 Å². The topological polar surface area (TPSA) is 105 Å². The molecule has 1 aliphatic heterocycles. The zero-order valence-corrected chi connectivity index (χ0v) is 16.0. The molecule has 2 rings (SSSR count). The number of benzene rings is 1. The minimum atomic E-state index is -3.69. The van der Waals surface area contributed by atoms with Crippen molar-refractivity contribution >= 4 is 33.2 Å². The van der Waals surface area contributed by atoms with Crippen molar-refractivity contribution in [2.75, 3.05) is 29.0 Å². The van der Waals surface area contributed by atoms with Crippen LogP contribution >= 0.6 is 0 Å². The number of sulfonamides is 1. The van der Waals surface area contributed by atoms with Gasteiger partial charge < -0.3 is 15.0 Å². The van der Waals surface area contributed by atoms with Crippen LogP contribution in [0.2, 0.25) is 0 Å². The Kier molecular flexibility index (Phi) is 6.60. The molecule has 2 unspecified atom stereocenters. The maximum Gasteiger partial charge on any atom is 0.233 e. The number of nitrogens with one attached hydrogen (secondary N) is 2. The van der Waals surface area contributed by atoms with Gasteiger partial charge in [0.2, 0.25) is 21.8 Å². The van der Waals surface area contributed by atoms with Crippen molar-refractivity contribution in [2.45, 2.75) is 39.3 Å². The highest BCUT2D eigenvalue weighted by molar-refractivity contribution is 7.92. The number of amides is 2. The van der Waals surface area contributed by atoms with Crippen molar-refractivity contribution in [3.05, 3.63) is 24.3 Å². The van der Waals surface area contributed by atoms with Gasteiger partial charge in [0.25, 0.3) is 0 Å². The smallest absolute Gasteiger partial charge is 0.233 e. The molecule has 0 aliphatic carbocycles. The van der Waals surface area contributed by atoms with E-state index in [2.05, 4.69) is 10.0 Å². The van der Waals surface area contributed by atoms with Crippen molar-refractivity contribution in [3.63, 3.8) is 0 Å². The zero-order chi connectivity index (χ0) is 19.3. The summed E-state index contributed by atoms with van der Waals surface area (Å²) < 4.78 is 32.4. The molecule has 26 heavy (non-hydrogen) atoms. The number of carbonyl (C=O) groups is 2. The summed E-state index contributed by atoms with van der Waals surface area (Å²) in [7, 11) is -3.69. The summed E-state index contributed by atoms with van der Waals surface area (Å²) in [4.78, 5) is 25.2. The van der Waals surface area contributed by atoms with E-state index in [0.29, 0.717) is 24.6 Å². The average molecular weight is 383 g/mol. The van der Waals surface area contributed by atoms with Gasteiger partial charge in [-0.2, -0.15) is 0 Å². The molecule has 0 radical (unpaired) electrons. The third-order valence-corrected chi connectivity index (χ3v) is 5.29. The fourth-order valence-corrected chi connectivity index (χ4v) is 3.97. The molecule has 1 aromatic carbocycles. The number of hydrogen-bond donors (Lipinski definition) is 2. The monoisotopic (exact) mass is 383 g/mol. The Morgan fingerprint density at radius 2 is 1.81 bits per heavy atom. The molecule has 1 saturated heterocycles. The summed E-state index contributed by atoms with van der Waals surface area (Å²) in [6.07, 6.45) is -0.102. The maximum atomic E-state index is 12.4. The molecule has 2 amide bonds. The molecule has 144 valence electrons. The van der Waals surface area contributed by atoms with Gasteiger partial charge in [0.05, 0.1) is 36.7 Å². The number of nitrogens with zero attached hydrogens (tertiary/aromatic N) is 1. The van der Waals surface area contributed by atoms with E-state index >= 15 is 0 Å². The summed E-state index contributed by atoms with van der Waals surface area (Å²) in [6, 6.07) is 6.24. The first kappa shape index (κ1) is 20.2. The van der Waals surface area contributed by atoms with Crippen LogP contribution in [0, 0.1) is 0 Å². The van der Waals surface area contributed by atoms with Crippen molar-refractivity contribution in [2.24, 2.45) is 0 Å². The second-order valence-corrected chi connectivity index (χ2v) is 8.31. The first-order valence-electron chi connectivity index (χ1n) is 8.45. The van der Waals surface area contributed by atoms with E-state index in [1.54, 1.807) is 23.1 Å². The van der Waals surface area contributed by atoms with Crippen molar-refractivity contribution in [3.8, 4) is 0 Å². The van der Waals surface area contributed by atoms with Crippen LogP contribution in [0.5, 0.6) is 0 Å². The summed E-state index contributed by atoms with van der Waals surface area (Å²) in [5.74, 6) is -0.762. The average Bonchev–Trinajstić information content (AvgIpc) is 2.52. The molecule has 1 heterocycles. The normalized spacial score (nSPS) is 20.5. The van der Waals surface area contributed by atoms with Gasteiger partial charge in [0, 0.05) is 19.0 Å². The van der Waals surface area contributed by atoms with Crippen molar-refractivity contribution < 1.29 is 22.7 Å². The molecule has 8 nitrogen and oxygen atoms in total. The van der Waals surface area contributed by atoms with Gasteiger partial charge in [-0.05, 0) is 32.0 Å². The third kappa shape index (κ3) is 5.70. The van der Waals surface area contributed by atoms with Gasteiger partial charge in [-0.15, -0.1) is 0 Å². The lowest BCUT2D eigenvalue weighted by atomic mass is 10.1. The Balaban J connectivity index is 1.96. The highest BCUT2D eigenvalue weighted by Crippen LogP contribution is 2.18. The maximum absolute atomic E-state index is 12.4. The van der Waals surface area contributed by atoms with Gasteiger partial charge in [0.1, 0.15) is 0 Å². The minimum Gasteiger partial charge on any atom is -0.377 e. The Hall–Kier alpha value is -2.13. The number of morpholine rings is 1. The fraction of sp³-hybridized carbons (Fsp3) is 0.529. The minimum absolute atomic E-state index is 0.0729. The second kappa shape index (κ2) is 8.50. The quantitative estimate of drug-likeness (QED) is 0.773. The van der Waals surface area contributed by atoms with Crippen LogP contribution in [-0.2, 0) is 24.3 Å². The van der Waals surface area contributed by atoms with Crippen LogP contribution in [0.25, 0.3) is 0 Å². The highest BCUT2D eigenvalue weighted by atomic mass is 32.2. The Bertz CT molecular complexity index is 755. The van der Waals surface area contributed by atoms with Gasteiger partial charge >= 0.3 is 0 Å². The number of ether oxygens (including phenoxy) is 1. The Labute approximate surface area is 153 Å². The van der Waals surface area contributed by atoms with Crippen molar-refractivity contribution in [1.82, 2.24) is 4.90 Å². The molecule has 2 atom stereocenters. The first-order valence-corrected chi connectivity index (χ1v) is 10.1. The van der Waals surface area contributed by atoms with Gasteiger partial charge in [-0.3, -0.25) is 14.3 Å². The zero-order valence-electron chi connectivity index (χ0n) is 15.2. The molecule has 0 spiro atoms. The van der Waals surface area contributed by atoms with E-state index in [1.807, 2.05) is 13.8 Å². The fourth-order valence-electron chi connectivity index (χ4n) is 2.94. The number of rotatable bonds is 6. The molecule has 1 aliphatic rings. The molecule has 9 heteroatoms. The molecule has 0 aromatic heterocycles. The van der Waals surface area contributed by atoms with Gasteiger partial charge in [-0.1, -0.05) is 6.07 Å². The summed E-state index contributed by atoms with van der Waals surface area (Å²) in [5.41, 5.74) is 0.821. The van der Waals surface area contributed by atoms with Crippen LogP contribution < -0.4 is 10.0 Å². The third-order valence-electron chi connectivity index (χ3n) is 4.00. The molecule has 1 aromatic rings. The molecule has 1 fully saturated rings. The summed E-state index contributed by atoms with van der Waals surface area (Å²) in [5, 5.41) is 2.59. The van der Waals surface area contributed by atoms with Crippen molar-refractivity contribution in [1.29, 1.82) is 0 Å². The van der Waals surface area contributed by atoms with E-state index in [1.165, 1.54) is 13.0 Å². The molecule has 2 N–H and O–H groups in total. The highest BCUT2D eigenvalue weighted by Gasteiger charge is 2.30. The Morgan fingerprint density at radius 1 is 1.19 bits per heavy atom. The molecule has 0 saturated carbocycles. The molecular weight excluding hydrogens is 358 g/mol. The predicted octanol–water partition coefficient (Wildman–Crippen LogP) is 1.41. The van der Waals surface area contributed by atoms with Crippen LogP contribution in [-0.4, -0.2) is 56.2 Å². The summed E-state index contributed by atoms with van der Waals surface area (Å²) in [6.45, 7) is 6.05. The van der Waals surface area contributed by atoms with Gasteiger partial charge in [-0.25, -0.2) is 8.42 Å². The molecular formula is C17H25N3O5S. The lowest BCUT2D eigenvalue weighted by Gasteiger charge is -2.38. The van der Waals surface area contributed by atoms with Gasteiger partial charge in [0.15, 0.2) is 0 Å². The number of carbonyl (C=O) groups excluding carboxylic acids is 2. The first-order chi connectivity index (χ1) is 12.2.